The lowest BCUT2D eigenvalue weighted by atomic mass is 10.1. The minimum atomic E-state index is -0.833. The lowest BCUT2D eigenvalue weighted by Crippen LogP contribution is -2.23. The molecule has 0 amide bonds. The number of carboxylic acids is 1. The van der Waals surface area contributed by atoms with Gasteiger partial charge in [0.05, 0.1) is 6.54 Å². The number of halogens is 1. The number of aliphatic carboxylic acids is 1. The summed E-state index contributed by atoms with van der Waals surface area (Å²) in [6.07, 6.45) is 1.69. The highest BCUT2D eigenvalue weighted by Crippen LogP contribution is 2.23. The van der Waals surface area contributed by atoms with Gasteiger partial charge < -0.3 is 16.2 Å². The zero-order valence-corrected chi connectivity index (χ0v) is 10.5. The van der Waals surface area contributed by atoms with E-state index >= 15 is 0 Å². The average Bonchev–Trinajstić information content (AvgIpc) is 2.21. The van der Waals surface area contributed by atoms with Gasteiger partial charge in [-0.25, -0.2) is 0 Å². The van der Waals surface area contributed by atoms with Crippen LogP contribution in [0.3, 0.4) is 0 Å². The molecule has 16 heavy (non-hydrogen) atoms. The van der Waals surface area contributed by atoms with Gasteiger partial charge in [0.1, 0.15) is 0 Å². The standard InChI is InChI=1S/C11H15BrN2O2/c12-9-4-1-5-10(13)8(9)3-2-6-14-7-11(15)16/h1,4-5,14H,2-3,6-7,13H2,(H,15,16). The van der Waals surface area contributed by atoms with E-state index in [1.165, 1.54) is 0 Å². The molecule has 0 aromatic heterocycles. The molecular formula is C11H15BrN2O2. The minimum Gasteiger partial charge on any atom is -0.480 e. The quantitative estimate of drug-likeness (QED) is 0.549. The summed E-state index contributed by atoms with van der Waals surface area (Å²) in [6, 6.07) is 5.72. The van der Waals surface area contributed by atoms with Crippen LogP contribution in [0, 0.1) is 0 Å². The van der Waals surface area contributed by atoms with E-state index in [4.69, 9.17) is 10.8 Å². The van der Waals surface area contributed by atoms with Crippen LogP contribution in [0.15, 0.2) is 22.7 Å². The molecule has 0 spiro atoms. The largest absolute Gasteiger partial charge is 0.480 e. The molecular weight excluding hydrogens is 272 g/mol. The number of benzene rings is 1. The number of nitrogens with two attached hydrogens (primary N) is 1. The van der Waals surface area contributed by atoms with Gasteiger partial charge in [-0.1, -0.05) is 22.0 Å². The van der Waals surface area contributed by atoms with Crippen molar-refractivity contribution in [3.63, 3.8) is 0 Å². The Morgan fingerprint density at radius 3 is 2.88 bits per heavy atom. The van der Waals surface area contributed by atoms with Crippen LogP contribution in [0.5, 0.6) is 0 Å². The molecule has 4 N–H and O–H groups in total. The summed E-state index contributed by atoms with van der Waals surface area (Å²) < 4.78 is 1.01. The van der Waals surface area contributed by atoms with Gasteiger partial charge in [-0.05, 0) is 37.1 Å². The van der Waals surface area contributed by atoms with Gasteiger partial charge >= 0.3 is 5.97 Å². The third kappa shape index (κ3) is 4.20. The third-order valence-corrected chi connectivity index (χ3v) is 2.95. The van der Waals surface area contributed by atoms with Crippen LogP contribution in [0.4, 0.5) is 5.69 Å². The van der Waals surface area contributed by atoms with Crippen molar-refractivity contribution >= 4 is 27.6 Å². The van der Waals surface area contributed by atoms with E-state index in [-0.39, 0.29) is 6.54 Å². The molecule has 0 saturated carbocycles. The zero-order valence-electron chi connectivity index (χ0n) is 8.87. The summed E-state index contributed by atoms with van der Waals surface area (Å²) in [4.78, 5) is 10.3. The topological polar surface area (TPSA) is 75.3 Å². The number of nitrogens with one attached hydrogen (secondary N) is 1. The van der Waals surface area contributed by atoms with Crippen molar-refractivity contribution in [2.24, 2.45) is 0 Å². The van der Waals surface area contributed by atoms with Crippen molar-refractivity contribution in [3.05, 3.63) is 28.2 Å². The second-order valence-electron chi connectivity index (χ2n) is 3.48. The molecule has 0 aliphatic rings. The van der Waals surface area contributed by atoms with E-state index in [1.807, 2.05) is 18.2 Å². The first-order valence-electron chi connectivity index (χ1n) is 5.06. The third-order valence-electron chi connectivity index (χ3n) is 2.21. The van der Waals surface area contributed by atoms with Gasteiger partial charge in [-0.2, -0.15) is 0 Å². The summed E-state index contributed by atoms with van der Waals surface area (Å²) >= 11 is 3.44. The fourth-order valence-corrected chi connectivity index (χ4v) is 2.00. The maximum atomic E-state index is 10.3. The highest BCUT2D eigenvalue weighted by molar-refractivity contribution is 9.10. The number of carboxylic acid groups (broad SMARTS) is 1. The van der Waals surface area contributed by atoms with Crippen LogP contribution >= 0.6 is 15.9 Å². The first kappa shape index (κ1) is 13.0. The monoisotopic (exact) mass is 286 g/mol. The normalized spacial score (nSPS) is 10.3. The molecule has 1 rings (SSSR count). The summed E-state index contributed by atoms with van der Waals surface area (Å²) in [5.41, 5.74) is 7.69. The predicted molar refractivity (Wildman–Crippen MR) is 67.4 cm³/mol. The van der Waals surface area contributed by atoms with Gasteiger partial charge in [0.15, 0.2) is 0 Å². The second kappa shape index (κ2) is 6.50. The number of rotatable bonds is 6. The first-order valence-corrected chi connectivity index (χ1v) is 5.86. The molecule has 1 aromatic carbocycles. The molecule has 0 aliphatic heterocycles. The van der Waals surface area contributed by atoms with Crippen molar-refractivity contribution in [3.8, 4) is 0 Å². The second-order valence-corrected chi connectivity index (χ2v) is 4.34. The van der Waals surface area contributed by atoms with Crippen LogP contribution in [0.1, 0.15) is 12.0 Å². The molecule has 0 unspecified atom stereocenters. The van der Waals surface area contributed by atoms with Crippen LogP contribution in [-0.2, 0) is 11.2 Å². The number of hydrogen-bond acceptors (Lipinski definition) is 3. The summed E-state index contributed by atoms with van der Waals surface area (Å²) in [5, 5.41) is 11.3. The Kier molecular flexibility index (Phi) is 5.28. The van der Waals surface area contributed by atoms with E-state index in [0.29, 0.717) is 6.54 Å². The Bertz CT molecular complexity index is 349. The molecule has 1 aromatic rings. The summed E-state index contributed by atoms with van der Waals surface area (Å²) in [5.74, 6) is -0.833. The number of hydrogen-bond donors (Lipinski definition) is 3. The maximum absolute atomic E-state index is 10.3. The lowest BCUT2D eigenvalue weighted by molar-refractivity contribution is -0.135. The Morgan fingerprint density at radius 1 is 1.50 bits per heavy atom. The Morgan fingerprint density at radius 2 is 2.25 bits per heavy atom. The molecule has 88 valence electrons. The highest BCUT2D eigenvalue weighted by atomic mass is 79.9. The van der Waals surface area contributed by atoms with Crippen LogP contribution < -0.4 is 11.1 Å². The number of carbonyl (C=O) groups is 1. The molecule has 4 nitrogen and oxygen atoms in total. The Balaban J connectivity index is 2.34. The van der Waals surface area contributed by atoms with Crippen molar-refractivity contribution in [1.82, 2.24) is 5.32 Å². The molecule has 5 heteroatoms. The fourth-order valence-electron chi connectivity index (χ4n) is 1.42. The van der Waals surface area contributed by atoms with Crippen LogP contribution in [-0.4, -0.2) is 24.2 Å². The SMILES string of the molecule is Nc1cccc(Br)c1CCCNCC(=O)O. The van der Waals surface area contributed by atoms with E-state index < -0.39 is 5.97 Å². The predicted octanol–water partition coefficient (Wildman–Crippen LogP) is 1.64. The molecule has 0 aliphatic carbocycles. The van der Waals surface area contributed by atoms with Gasteiger partial charge in [0, 0.05) is 10.2 Å². The highest BCUT2D eigenvalue weighted by Gasteiger charge is 2.03. The molecule has 0 bridgehead atoms. The van der Waals surface area contributed by atoms with E-state index in [0.717, 1.165) is 28.6 Å². The molecule has 0 heterocycles. The molecule has 0 saturated heterocycles. The van der Waals surface area contributed by atoms with Crippen molar-refractivity contribution in [1.29, 1.82) is 0 Å². The number of anilines is 1. The Labute approximate surface area is 103 Å². The van der Waals surface area contributed by atoms with E-state index in [2.05, 4.69) is 21.2 Å². The minimum absolute atomic E-state index is 0.00540. The first-order chi connectivity index (χ1) is 7.61. The van der Waals surface area contributed by atoms with Crippen molar-refractivity contribution in [2.45, 2.75) is 12.8 Å². The van der Waals surface area contributed by atoms with Crippen molar-refractivity contribution < 1.29 is 9.90 Å². The van der Waals surface area contributed by atoms with Gasteiger partial charge in [0.2, 0.25) is 0 Å². The summed E-state index contributed by atoms with van der Waals surface area (Å²) in [7, 11) is 0. The van der Waals surface area contributed by atoms with E-state index in [9.17, 15) is 4.79 Å². The average molecular weight is 287 g/mol. The number of nitrogen functional groups attached to an aromatic ring is 1. The van der Waals surface area contributed by atoms with Gasteiger partial charge in [-0.15, -0.1) is 0 Å². The summed E-state index contributed by atoms with van der Waals surface area (Å²) in [6.45, 7) is 0.679. The maximum Gasteiger partial charge on any atom is 0.317 e. The van der Waals surface area contributed by atoms with Crippen LogP contribution in [0.25, 0.3) is 0 Å². The van der Waals surface area contributed by atoms with Crippen molar-refractivity contribution in [2.75, 3.05) is 18.8 Å². The van der Waals surface area contributed by atoms with Gasteiger partial charge in [-0.3, -0.25) is 4.79 Å². The van der Waals surface area contributed by atoms with Gasteiger partial charge in [0.25, 0.3) is 0 Å². The molecule has 0 atom stereocenters. The zero-order chi connectivity index (χ0) is 12.0. The smallest absolute Gasteiger partial charge is 0.317 e. The lowest BCUT2D eigenvalue weighted by Gasteiger charge is -2.08. The molecule has 0 radical (unpaired) electrons. The Hall–Kier alpha value is -1.07. The fraction of sp³-hybridized carbons (Fsp3) is 0.364. The molecule has 0 fully saturated rings. The van der Waals surface area contributed by atoms with E-state index in [1.54, 1.807) is 0 Å². The van der Waals surface area contributed by atoms with Crippen LogP contribution in [0.2, 0.25) is 0 Å².